The molecule has 0 saturated carbocycles. The van der Waals surface area contributed by atoms with Crippen molar-refractivity contribution in [2.45, 2.75) is 6.92 Å². The molecule has 0 aliphatic heterocycles. The Balaban J connectivity index is 2.09. The van der Waals surface area contributed by atoms with E-state index in [0.717, 1.165) is 16.6 Å². The summed E-state index contributed by atoms with van der Waals surface area (Å²) in [5.74, 6) is -0.0428. The van der Waals surface area contributed by atoms with Gasteiger partial charge in [-0.2, -0.15) is 0 Å². The van der Waals surface area contributed by atoms with Crippen molar-refractivity contribution in [1.29, 1.82) is 0 Å². The molecule has 0 radical (unpaired) electrons. The number of benzene rings is 1. The first-order chi connectivity index (χ1) is 8.74. The smallest absolute Gasteiger partial charge is 0.212 e. The quantitative estimate of drug-likeness (QED) is 0.659. The summed E-state index contributed by atoms with van der Waals surface area (Å²) < 4.78 is 0. The van der Waals surface area contributed by atoms with Gasteiger partial charge in [-0.05, 0) is 31.2 Å². The maximum absolute atomic E-state index is 12.1. The predicted molar refractivity (Wildman–Crippen MR) is 72.0 cm³/mol. The molecule has 0 aliphatic rings. The number of pyridine rings is 1. The molecule has 1 aromatic carbocycles. The highest BCUT2D eigenvalue weighted by Gasteiger charge is 2.11. The Hall–Kier alpha value is -2.07. The number of hydrogen-bond donors (Lipinski definition) is 0. The molecular formula is C14H10N2OS. The van der Waals surface area contributed by atoms with Gasteiger partial charge in [0.15, 0.2) is 0 Å². The van der Waals surface area contributed by atoms with Crippen LogP contribution >= 0.6 is 11.3 Å². The van der Waals surface area contributed by atoms with Crippen LogP contribution in [0.4, 0.5) is 0 Å². The molecule has 3 rings (SSSR count). The number of carbonyl (C=O) groups excluding carboxylic acids is 1. The first-order valence-corrected chi connectivity index (χ1v) is 6.48. The van der Waals surface area contributed by atoms with E-state index in [4.69, 9.17) is 0 Å². The molecule has 18 heavy (non-hydrogen) atoms. The van der Waals surface area contributed by atoms with Gasteiger partial charge in [-0.1, -0.05) is 6.07 Å². The van der Waals surface area contributed by atoms with Crippen LogP contribution in [0.1, 0.15) is 21.7 Å². The minimum atomic E-state index is -0.0428. The van der Waals surface area contributed by atoms with Crippen LogP contribution in [0.15, 0.2) is 41.2 Å². The third-order valence-corrected chi connectivity index (χ3v) is 3.34. The maximum Gasteiger partial charge on any atom is 0.212 e. The lowest BCUT2D eigenvalue weighted by Gasteiger charge is -2.02. The molecule has 0 spiro atoms. The number of thiazole rings is 1. The largest absolute Gasteiger partial charge is 0.287 e. The van der Waals surface area contributed by atoms with E-state index in [-0.39, 0.29) is 5.78 Å². The number of carbonyl (C=O) groups is 1. The molecule has 88 valence electrons. The second-order valence-corrected chi connectivity index (χ2v) is 4.78. The summed E-state index contributed by atoms with van der Waals surface area (Å²) in [5, 5.41) is 2.74. The molecule has 0 N–H and O–H groups in total. The molecule has 0 amide bonds. The van der Waals surface area contributed by atoms with Crippen LogP contribution in [0, 0.1) is 6.92 Å². The molecular weight excluding hydrogens is 244 g/mol. The number of aryl methyl sites for hydroxylation is 1. The van der Waals surface area contributed by atoms with Crippen molar-refractivity contribution in [1.82, 2.24) is 9.97 Å². The van der Waals surface area contributed by atoms with E-state index in [1.54, 1.807) is 17.0 Å². The van der Waals surface area contributed by atoms with Crippen LogP contribution in [0.25, 0.3) is 10.9 Å². The zero-order valence-corrected chi connectivity index (χ0v) is 10.6. The number of ketones is 1. The van der Waals surface area contributed by atoms with Gasteiger partial charge >= 0.3 is 0 Å². The third kappa shape index (κ3) is 1.91. The van der Waals surface area contributed by atoms with E-state index < -0.39 is 0 Å². The van der Waals surface area contributed by atoms with E-state index in [1.165, 1.54) is 11.3 Å². The second kappa shape index (κ2) is 4.31. The Bertz CT molecular complexity index is 720. The Morgan fingerprint density at radius 3 is 2.89 bits per heavy atom. The average molecular weight is 254 g/mol. The molecule has 0 bridgehead atoms. The Morgan fingerprint density at radius 2 is 2.11 bits per heavy atom. The number of aromatic nitrogens is 2. The van der Waals surface area contributed by atoms with Crippen LogP contribution in [0.2, 0.25) is 0 Å². The molecule has 3 aromatic rings. The van der Waals surface area contributed by atoms with E-state index in [2.05, 4.69) is 9.97 Å². The zero-order valence-electron chi connectivity index (χ0n) is 9.75. The Morgan fingerprint density at radius 1 is 1.22 bits per heavy atom. The molecule has 0 aliphatic carbocycles. The van der Waals surface area contributed by atoms with Gasteiger partial charge in [0, 0.05) is 22.0 Å². The summed E-state index contributed by atoms with van der Waals surface area (Å²) in [6.45, 7) is 1.95. The number of rotatable bonds is 2. The van der Waals surface area contributed by atoms with Crippen molar-refractivity contribution in [3.8, 4) is 0 Å². The van der Waals surface area contributed by atoms with Crippen LogP contribution in [0.3, 0.4) is 0 Å². The summed E-state index contributed by atoms with van der Waals surface area (Å²) in [6, 6.07) is 9.47. The standard InChI is InChI=1S/C14H10N2OS/c1-9-2-3-10-6-11(4-5-12(10)16-9)14(17)13-7-18-8-15-13/h2-8H,1H3. The lowest BCUT2D eigenvalue weighted by molar-refractivity contribution is 0.103. The highest BCUT2D eigenvalue weighted by Crippen LogP contribution is 2.17. The van der Waals surface area contributed by atoms with Gasteiger partial charge in [0.25, 0.3) is 0 Å². The second-order valence-electron chi connectivity index (χ2n) is 4.06. The molecule has 2 aromatic heterocycles. The van der Waals surface area contributed by atoms with Gasteiger partial charge in [-0.15, -0.1) is 11.3 Å². The molecule has 3 nitrogen and oxygen atoms in total. The molecule has 0 unspecified atom stereocenters. The monoisotopic (exact) mass is 254 g/mol. The van der Waals surface area contributed by atoms with Gasteiger partial charge in [0.05, 0.1) is 11.0 Å². The highest BCUT2D eigenvalue weighted by molar-refractivity contribution is 7.07. The average Bonchev–Trinajstić information content (AvgIpc) is 2.91. The number of hydrogen-bond acceptors (Lipinski definition) is 4. The van der Waals surface area contributed by atoms with E-state index in [1.807, 2.05) is 31.2 Å². The molecule has 0 fully saturated rings. The predicted octanol–water partition coefficient (Wildman–Crippen LogP) is 3.23. The molecule has 0 saturated heterocycles. The highest BCUT2D eigenvalue weighted by atomic mass is 32.1. The minimum absolute atomic E-state index is 0.0428. The van der Waals surface area contributed by atoms with Crippen molar-refractivity contribution >= 4 is 28.0 Å². The van der Waals surface area contributed by atoms with Crippen molar-refractivity contribution in [2.24, 2.45) is 0 Å². The molecule has 2 heterocycles. The minimum Gasteiger partial charge on any atom is -0.287 e. The van der Waals surface area contributed by atoms with E-state index in [0.29, 0.717) is 11.3 Å². The fourth-order valence-electron chi connectivity index (χ4n) is 1.84. The Kier molecular flexibility index (Phi) is 2.64. The van der Waals surface area contributed by atoms with Crippen molar-refractivity contribution in [3.05, 3.63) is 58.2 Å². The maximum atomic E-state index is 12.1. The fraction of sp³-hybridized carbons (Fsp3) is 0.0714. The van der Waals surface area contributed by atoms with Gasteiger partial charge < -0.3 is 0 Å². The summed E-state index contributed by atoms with van der Waals surface area (Å²) in [5.41, 5.74) is 4.70. The van der Waals surface area contributed by atoms with Crippen molar-refractivity contribution in [3.63, 3.8) is 0 Å². The topological polar surface area (TPSA) is 42.9 Å². The SMILES string of the molecule is Cc1ccc2cc(C(=O)c3cscn3)ccc2n1. The van der Waals surface area contributed by atoms with Gasteiger partial charge in [0.2, 0.25) is 5.78 Å². The number of nitrogens with zero attached hydrogens (tertiary/aromatic N) is 2. The third-order valence-electron chi connectivity index (χ3n) is 2.76. The van der Waals surface area contributed by atoms with Crippen LogP contribution in [-0.2, 0) is 0 Å². The first-order valence-electron chi connectivity index (χ1n) is 5.54. The summed E-state index contributed by atoms with van der Waals surface area (Å²) >= 11 is 1.42. The van der Waals surface area contributed by atoms with Crippen LogP contribution < -0.4 is 0 Å². The molecule has 0 atom stereocenters. The van der Waals surface area contributed by atoms with Gasteiger partial charge in [-0.25, -0.2) is 4.98 Å². The molecule has 4 heteroatoms. The van der Waals surface area contributed by atoms with Crippen LogP contribution in [-0.4, -0.2) is 15.8 Å². The normalized spacial score (nSPS) is 10.7. The Labute approximate surface area is 108 Å². The summed E-state index contributed by atoms with van der Waals surface area (Å²) in [7, 11) is 0. The van der Waals surface area contributed by atoms with E-state index >= 15 is 0 Å². The summed E-state index contributed by atoms with van der Waals surface area (Å²) in [6.07, 6.45) is 0. The fourth-order valence-corrected chi connectivity index (χ4v) is 2.37. The zero-order chi connectivity index (χ0) is 12.5. The van der Waals surface area contributed by atoms with Crippen LogP contribution in [0.5, 0.6) is 0 Å². The van der Waals surface area contributed by atoms with Crippen molar-refractivity contribution in [2.75, 3.05) is 0 Å². The van der Waals surface area contributed by atoms with E-state index in [9.17, 15) is 4.79 Å². The van der Waals surface area contributed by atoms with Gasteiger partial charge in [0.1, 0.15) is 5.69 Å². The van der Waals surface area contributed by atoms with Gasteiger partial charge in [-0.3, -0.25) is 9.78 Å². The first kappa shape index (κ1) is 11.0. The number of fused-ring (bicyclic) bond motifs is 1. The lowest BCUT2D eigenvalue weighted by Crippen LogP contribution is -2.01. The summed E-state index contributed by atoms with van der Waals surface area (Å²) in [4.78, 5) is 20.6. The lowest BCUT2D eigenvalue weighted by atomic mass is 10.1. The van der Waals surface area contributed by atoms with Crippen molar-refractivity contribution < 1.29 is 4.79 Å².